The number of fused-ring (bicyclic) bond motifs is 1. The van der Waals surface area contributed by atoms with Crippen LogP contribution >= 0.6 is 23.1 Å². The fourth-order valence-electron chi connectivity index (χ4n) is 2.13. The summed E-state index contributed by atoms with van der Waals surface area (Å²) >= 11 is 3.35. The van der Waals surface area contributed by atoms with E-state index in [-0.39, 0.29) is 11.9 Å². The van der Waals surface area contributed by atoms with Crippen LogP contribution < -0.4 is 5.32 Å². The van der Waals surface area contributed by atoms with Crippen molar-refractivity contribution in [3.05, 3.63) is 52.2 Å². The van der Waals surface area contributed by atoms with Crippen molar-refractivity contribution in [3.63, 3.8) is 0 Å². The third-order valence-corrected chi connectivity index (χ3v) is 5.00. The van der Waals surface area contributed by atoms with Gasteiger partial charge in [-0.25, -0.2) is 0 Å². The largest absolute Gasteiger partial charge is 0.344 e. The highest BCUT2D eigenvalue weighted by molar-refractivity contribution is 7.99. The van der Waals surface area contributed by atoms with Crippen molar-refractivity contribution in [2.24, 2.45) is 0 Å². The lowest BCUT2D eigenvalue weighted by Crippen LogP contribution is -2.30. The molecule has 0 saturated carbocycles. The van der Waals surface area contributed by atoms with Crippen LogP contribution in [-0.2, 0) is 0 Å². The Balaban J connectivity index is 1.80. The maximum Gasteiger partial charge on any atom is 0.261 e. The van der Waals surface area contributed by atoms with Gasteiger partial charge in [0, 0.05) is 10.6 Å². The summed E-state index contributed by atoms with van der Waals surface area (Å²) in [5.41, 5.74) is 1.25. The van der Waals surface area contributed by atoms with Gasteiger partial charge in [-0.1, -0.05) is 24.3 Å². The second kappa shape index (κ2) is 5.16. The first kappa shape index (κ1) is 11.8. The molecule has 2 nitrogen and oxygen atoms in total. The summed E-state index contributed by atoms with van der Waals surface area (Å²) in [7, 11) is 0. The zero-order valence-corrected chi connectivity index (χ0v) is 11.4. The fourth-order valence-corrected chi connectivity index (χ4v) is 3.88. The predicted molar refractivity (Wildman–Crippen MR) is 76.3 cm³/mol. The van der Waals surface area contributed by atoms with Crippen LogP contribution in [0.3, 0.4) is 0 Å². The van der Waals surface area contributed by atoms with Crippen molar-refractivity contribution in [2.45, 2.75) is 17.4 Å². The predicted octanol–water partition coefficient (Wildman–Crippen LogP) is 3.72. The molecule has 0 radical (unpaired) electrons. The van der Waals surface area contributed by atoms with Gasteiger partial charge in [-0.05, 0) is 29.5 Å². The summed E-state index contributed by atoms with van der Waals surface area (Å²) in [4.78, 5) is 14.2. The minimum atomic E-state index is 0.0386. The van der Waals surface area contributed by atoms with Crippen LogP contribution in [0.4, 0.5) is 0 Å². The van der Waals surface area contributed by atoms with Gasteiger partial charge in [-0.2, -0.15) is 0 Å². The first-order valence-electron chi connectivity index (χ1n) is 5.91. The number of carbonyl (C=O) groups excluding carboxylic acids is 1. The molecule has 0 spiro atoms. The van der Waals surface area contributed by atoms with Gasteiger partial charge in [-0.15, -0.1) is 23.1 Å². The number of thiophene rings is 1. The smallest absolute Gasteiger partial charge is 0.261 e. The van der Waals surface area contributed by atoms with E-state index in [4.69, 9.17) is 0 Å². The van der Waals surface area contributed by atoms with Crippen LogP contribution in [0.15, 0.2) is 46.7 Å². The van der Waals surface area contributed by atoms with E-state index >= 15 is 0 Å². The molecule has 2 aromatic rings. The number of thioether (sulfide) groups is 1. The average molecular weight is 275 g/mol. The first-order valence-corrected chi connectivity index (χ1v) is 7.77. The molecule has 0 fully saturated rings. The van der Waals surface area contributed by atoms with E-state index in [2.05, 4.69) is 23.5 Å². The highest BCUT2D eigenvalue weighted by atomic mass is 32.2. The second-order valence-corrected chi connectivity index (χ2v) is 6.26. The Morgan fingerprint density at radius 3 is 2.94 bits per heavy atom. The van der Waals surface area contributed by atoms with Crippen molar-refractivity contribution >= 4 is 29.0 Å². The van der Waals surface area contributed by atoms with Crippen molar-refractivity contribution in [1.29, 1.82) is 0 Å². The zero-order valence-electron chi connectivity index (χ0n) is 9.76. The van der Waals surface area contributed by atoms with Gasteiger partial charge in [0.1, 0.15) is 0 Å². The quantitative estimate of drug-likeness (QED) is 0.905. The number of carbonyl (C=O) groups is 1. The van der Waals surface area contributed by atoms with Crippen LogP contribution in [0.2, 0.25) is 0 Å². The summed E-state index contributed by atoms with van der Waals surface area (Å²) in [6.07, 6.45) is 0.999. The summed E-state index contributed by atoms with van der Waals surface area (Å²) in [5, 5.41) is 5.07. The fraction of sp³-hybridized carbons (Fsp3) is 0.214. The molecule has 1 amide bonds. The van der Waals surface area contributed by atoms with Crippen LogP contribution in [0.1, 0.15) is 27.7 Å². The molecule has 2 heterocycles. The van der Waals surface area contributed by atoms with Crippen molar-refractivity contribution in [1.82, 2.24) is 5.32 Å². The zero-order chi connectivity index (χ0) is 12.4. The lowest BCUT2D eigenvalue weighted by molar-refractivity contribution is 0.0939. The van der Waals surface area contributed by atoms with E-state index in [1.54, 1.807) is 0 Å². The van der Waals surface area contributed by atoms with Crippen LogP contribution in [-0.4, -0.2) is 11.7 Å². The first-order chi connectivity index (χ1) is 8.84. The molecular formula is C14H13NOS2. The molecule has 1 aliphatic rings. The Hall–Kier alpha value is -1.26. The monoisotopic (exact) mass is 275 g/mol. The minimum Gasteiger partial charge on any atom is -0.344 e. The van der Waals surface area contributed by atoms with Gasteiger partial charge in [0.15, 0.2) is 0 Å². The second-order valence-electron chi connectivity index (χ2n) is 4.18. The van der Waals surface area contributed by atoms with E-state index in [9.17, 15) is 4.79 Å². The van der Waals surface area contributed by atoms with Gasteiger partial charge in [0.25, 0.3) is 5.91 Å². The molecule has 18 heavy (non-hydrogen) atoms. The average Bonchev–Trinajstić information content (AvgIpc) is 2.93. The van der Waals surface area contributed by atoms with Crippen LogP contribution in [0, 0.1) is 0 Å². The minimum absolute atomic E-state index is 0.0386. The molecule has 92 valence electrons. The summed E-state index contributed by atoms with van der Waals surface area (Å²) in [5.74, 6) is 1.10. The van der Waals surface area contributed by atoms with Gasteiger partial charge >= 0.3 is 0 Å². The molecule has 1 aromatic carbocycles. The van der Waals surface area contributed by atoms with Crippen molar-refractivity contribution in [3.8, 4) is 0 Å². The third-order valence-electron chi connectivity index (χ3n) is 3.01. The normalized spacial score (nSPS) is 18.1. The summed E-state index contributed by atoms with van der Waals surface area (Å²) in [6, 6.07) is 12.2. The Morgan fingerprint density at radius 2 is 2.11 bits per heavy atom. The van der Waals surface area contributed by atoms with E-state index < -0.39 is 0 Å². The topological polar surface area (TPSA) is 29.1 Å². The molecule has 0 bridgehead atoms. The molecule has 3 rings (SSSR count). The Bertz CT molecular complexity index is 551. The van der Waals surface area contributed by atoms with Gasteiger partial charge < -0.3 is 5.32 Å². The van der Waals surface area contributed by atoms with Crippen LogP contribution in [0.25, 0.3) is 0 Å². The van der Waals surface area contributed by atoms with Gasteiger partial charge in [-0.3, -0.25) is 4.79 Å². The van der Waals surface area contributed by atoms with Crippen molar-refractivity contribution in [2.75, 3.05) is 5.75 Å². The number of hydrogen-bond donors (Lipinski definition) is 1. The van der Waals surface area contributed by atoms with Crippen LogP contribution in [0.5, 0.6) is 0 Å². The van der Waals surface area contributed by atoms with E-state index in [0.717, 1.165) is 17.1 Å². The molecule has 4 heteroatoms. The molecule has 0 saturated heterocycles. The molecule has 1 atom stereocenters. The SMILES string of the molecule is O=C(N[C@@H]1CCSc2ccccc21)c1cccs1. The number of amides is 1. The molecule has 1 N–H and O–H groups in total. The Labute approximate surface area is 114 Å². The molecule has 0 unspecified atom stereocenters. The van der Waals surface area contributed by atoms with Gasteiger partial charge in [0.2, 0.25) is 0 Å². The number of benzene rings is 1. The lowest BCUT2D eigenvalue weighted by Gasteiger charge is -2.25. The highest BCUT2D eigenvalue weighted by Crippen LogP contribution is 2.35. The molecule has 1 aliphatic heterocycles. The van der Waals surface area contributed by atoms with E-state index in [0.29, 0.717) is 0 Å². The number of hydrogen-bond acceptors (Lipinski definition) is 3. The molecule has 1 aromatic heterocycles. The maximum atomic E-state index is 12.1. The Kier molecular flexibility index (Phi) is 3.39. The molecule has 0 aliphatic carbocycles. The number of rotatable bonds is 2. The summed E-state index contributed by atoms with van der Waals surface area (Å²) in [6.45, 7) is 0. The standard InChI is InChI=1S/C14H13NOS2/c16-14(13-6-3-8-17-13)15-11-7-9-18-12-5-2-1-4-10(11)12/h1-6,8,11H,7,9H2,(H,15,16)/t11-/m1/s1. The lowest BCUT2D eigenvalue weighted by atomic mass is 10.0. The van der Waals surface area contributed by atoms with Gasteiger partial charge in [0.05, 0.1) is 10.9 Å². The molecular weight excluding hydrogens is 262 g/mol. The highest BCUT2D eigenvalue weighted by Gasteiger charge is 2.22. The maximum absolute atomic E-state index is 12.1. The summed E-state index contributed by atoms with van der Waals surface area (Å²) < 4.78 is 0. The van der Waals surface area contributed by atoms with Crippen molar-refractivity contribution < 1.29 is 4.79 Å². The van der Waals surface area contributed by atoms with E-state index in [1.165, 1.54) is 21.8 Å². The number of nitrogens with one attached hydrogen (secondary N) is 1. The third kappa shape index (κ3) is 2.31. The van der Waals surface area contributed by atoms with E-state index in [1.807, 2.05) is 35.3 Å². The Morgan fingerprint density at radius 1 is 1.22 bits per heavy atom.